The van der Waals surface area contributed by atoms with Gasteiger partial charge in [0.05, 0.1) is 5.56 Å². The Morgan fingerprint density at radius 1 is 0.900 bits per heavy atom. The van der Waals surface area contributed by atoms with E-state index in [1.165, 1.54) is 17.8 Å². The second-order valence-corrected chi connectivity index (χ2v) is 12.8. The lowest BCUT2D eigenvalue weighted by atomic mass is 10.0. The number of halogens is 3. The van der Waals surface area contributed by atoms with E-state index in [9.17, 15) is 37.1 Å². The normalized spacial score (nSPS) is 13.3. The highest BCUT2D eigenvalue weighted by Gasteiger charge is 2.34. The van der Waals surface area contributed by atoms with E-state index >= 15 is 0 Å². The maximum absolute atomic E-state index is 13.6. The van der Waals surface area contributed by atoms with Gasteiger partial charge in [0, 0.05) is 23.2 Å². The van der Waals surface area contributed by atoms with E-state index in [2.05, 4.69) is 21.3 Å². The molecule has 12 nitrogen and oxygen atoms in total. The van der Waals surface area contributed by atoms with Gasteiger partial charge in [-0.2, -0.15) is 24.9 Å². The first-order valence-electron chi connectivity index (χ1n) is 16.0. The first-order valence-corrected chi connectivity index (χ1v) is 17.4. The first kappa shape index (κ1) is 39.9. The van der Waals surface area contributed by atoms with E-state index in [0.717, 1.165) is 17.7 Å². The average Bonchev–Trinajstić information content (AvgIpc) is 3.06. The molecule has 0 spiro atoms. The van der Waals surface area contributed by atoms with Crippen molar-refractivity contribution in [2.75, 3.05) is 23.9 Å². The fourth-order valence-corrected chi connectivity index (χ4v) is 5.40. The Kier molecular flexibility index (Phi) is 15.1. The van der Waals surface area contributed by atoms with Crippen molar-refractivity contribution < 1.29 is 41.5 Å². The Morgan fingerprint density at radius 2 is 1.58 bits per heavy atom. The highest BCUT2D eigenvalue weighted by atomic mass is 32.2. The van der Waals surface area contributed by atoms with Gasteiger partial charge in [0.25, 0.3) is 0 Å². The molecule has 4 amide bonds. The number of fused-ring (bicyclic) bond motifs is 1. The number of rotatable bonds is 17. The Hall–Kier alpha value is -4.57. The number of benzene rings is 2. The highest BCUT2D eigenvalue weighted by Crippen LogP contribution is 2.34. The Bertz CT molecular complexity index is 1670. The lowest BCUT2D eigenvalue weighted by Crippen LogP contribution is -2.57. The number of hydrogen-bond acceptors (Lipinski definition) is 9. The maximum Gasteiger partial charge on any atom is 0.417 e. The van der Waals surface area contributed by atoms with Gasteiger partial charge in [0.2, 0.25) is 17.7 Å². The number of ether oxygens (including phenoxy) is 1. The number of nitrogens with two attached hydrogens (primary N) is 1. The van der Waals surface area contributed by atoms with Crippen LogP contribution in [0.1, 0.15) is 50.7 Å². The molecule has 0 saturated carbocycles. The topological polar surface area (TPSA) is 182 Å². The Labute approximate surface area is 291 Å². The van der Waals surface area contributed by atoms with Crippen LogP contribution in [0.25, 0.3) is 11.0 Å². The van der Waals surface area contributed by atoms with Crippen molar-refractivity contribution in [3.05, 3.63) is 76.1 Å². The molecule has 0 aliphatic heterocycles. The third-order valence-electron chi connectivity index (χ3n) is 7.58. The summed E-state index contributed by atoms with van der Waals surface area (Å²) in [6.07, 6.45) is -2.44. The molecule has 0 radical (unpaired) electrons. The quantitative estimate of drug-likeness (QED) is 0.0987. The first-order chi connectivity index (χ1) is 23.7. The molecule has 16 heteroatoms. The van der Waals surface area contributed by atoms with Crippen molar-refractivity contribution in [3.63, 3.8) is 0 Å². The van der Waals surface area contributed by atoms with Gasteiger partial charge in [-0.3, -0.25) is 14.4 Å². The molecule has 0 aliphatic rings. The summed E-state index contributed by atoms with van der Waals surface area (Å²) in [5, 5.41) is 10.1. The third-order valence-corrected chi connectivity index (χ3v) is 8.22. The summed E-state index contributed by atoms with van der Waals surface area (Å²) >= 11 is 1.42. The third kappa shape index (κ3) is 12.1. The zero-order valence-electron chi connectivity index (χ0n) is 27.9. The maximum atomic E-state index is 13.6. The number of alkyl halides is 3. The standard InChI is InChI=1S/C34H42F3N5O7S/c1-20(2)29(42-33(47)48-19-21-9-5-4-6-10-21)32(46)41-25(11-7-8-15-38)31(45)40-26(14-16-50-3)30(44)39-22-12-13-23-24(34(35,36)37)18-28(43)49-27(23)17-22/h4-6,9-10,12-13,17-18,20,25-26,29H,7-8,11,14-16,19,38H2,1-3H3,(H,39,44)(H,40,45)(H,41,46)(H,42,47)/t25-,26-,29-/m0/s1. The average molecular weight is 722 g/mol. The van der Waals surface area contributed by atoms with E-state index in [-0.39, 0.29) is 42.0 Å². The molecule has 6 N–H and O–H groups in total. The summed E-state index contributed by atoms with van der Waals surface area (Å²) < 4.78 is 50.7. The summed E-state index contributed by atoms with van der Waals surface area (Å²) in [5.74, 6) is -1.91. The molecular formula is C34H42F3N5O7S. The molecule has 2 aromatic carbocycles. The fourth-order valence-electron chi connectivity index (χ4n) is 4.93. The van der Waals surface area contributed by atoms with Crippen molar-refractivity contribution in [1.82, 2.24) is 16.0 Å². The summed E-state index contributed by atoms with van der Waals surface area (Å²) in [6, 6.07) is 9.47. The van der Waals surface area contributed by atoms with Gasteiger partial charge in [0.1, 0.15) is 30.3 Å². The minimum atomic E-state index is -4.81. The summed E-state index contributed by atoms with van der Waals surface area (Å²) in [7, 11) is 0. The second-order valence-electron chi connectivity index (χ2n) is 11.8. The Balaban J connectivity index is 1.75. The van der Waals surface area contributed by atoms with E-state index < -0.39 is 59.3 Å². The molecule has 50 heavy (non-hydrogen) atoms. The van der Waals surface area contributed by atoms with Gasteiger partial charge in [0.15, 0.2) is 0 Å². The van der Waals surface area contributed by atoms with Crippen LogP contribution >= 0.6 is 11.8 Å². The summed E-state index contributed by atoms with van der Waals surface area (Å²) in [6.45, 7) is 3.78. The smallest absolute Gasteiger partial charge is 0.417 e. The van der Waals surface area contributed by atoms with Gasteiger partial charge in [-0.1, -0.05) is 44.2 Å². The molecule has 1 aromatic heterocycles. The number of hydrogen-bond donors (Lipinski definition) is 5. The van der Waals surface area contributed by atoms with Gasteiger partial charge >= 0.3 is 17.9 Å². The van der Waals surface area contributed by atoms with Crippen LogP contribution in [-0.2, 0) is 31.9 Å². The molecule has 3 atom stereocenters. The molecule has 3 rings (SSSR count). The zero-order chi connectivity index (χ0) is 36.8. The van der Waals surface area contributed by atoms with E-state index in [4.69, 9.17) is 14.9 Å². The minimum Gasteiger partial charge on any atom is -0.445 e. The van der Waals surface area contributed by atoms with Crippen LogP contribution in [0.3, 0.4) is 0 Å². The van der Waals surface area contributed by atoms with Crippen LogP contribution in [0.15, 0.2) is 63.8 Å². The van der Waals surface area contributed by atoms with Crippen LogP contribution in [0.2, 0.25) is 0 Å². The molecule has 0 bridgehead atoms. The van der Waals surface area contributed by atoms with E-state index in [0.29, 0.717) is 31.2 Å². The van der Waals surface area contributed by atoms with Crippen molar-refractivity contribution in [2.45, 2.75) is 70.4 Å². The van der Waals surface area contributed by atoms with Crippen molar-refractivity contribution >= 4 is 52.2 Å². The largest absolute Gasteiger partial charge is 0.445 e. The molecule has 3 aromatic rings. The number of anilines is 1. The molecule has 0 saturated heterocycles. The summed E-state index contributed by atoms with van der Waals surface area (Å²) in [5.41, 5.74) is 3.67. The van der Waals surface area contributed by atoms with Gasteiger partial charge in [-0.25, -0.2) is 9.59 Å². The second kappa shape index (κ2) is 19.0. The lowest BCUT2D eigenvalue weighted by Gasteiger charge is -2.26. The van der Waals surface area contributed by atoms with Crippen LogP contribution < -0.4 is 32.6 Å². The number of unbranched alkanes of at least 4 members (excludes halogenated alkanes) is 1. The number of thioether (sulfide) groups is 1. The fraction of sp³-hybridized carbons (Fsp3) is 0.441. The molecule has 1 heterocycles. The molecule has 0 aliphatic carbocycles. The van der Waals surface area contributed by atoms with E-state index in [1.54, 1.807) is 44.4 Å². The molecule has 0 fully saturated rings. The van der Waals surface area contributed by atoms with Crippen LogP contribution in [-0.4, -0.2) is 60.5 Å². The van der Waals surface area contributed by atoms with Crippen molar-refractivity contribution in [2.24, 2.45) is 11.7 Å². The van der Waals surface area contributed by atoms with Gasteiger partial charge in [-0.05, 0) is 67.9 Å². The van der Waals surface area contributed by atoms with Crippen LogP contribution in [0.4, 0.5) is 23.7 Å². The van der Waals surface area contributed by atoms with Crippen molar-refractivity contribution in [1.29, 1.82) is 0 Å². The number of amides is 4. The predicted octanol–water partition coefficient (Wildman–Crippen LogP) is 4.55. The Morgan fingerprint density at radius 3 is 2.22 bits per heavy atom. The van der Waals surface area contributed by atoms with Crippen molar-refractivity contribution in [3.8, 4) is 0 Å². The molecule has 272 valence electrons. The minimum absolute atomic E-state index is 0.00895. The number of carbonyl (C=O) groups excluding carboxylic acids is 4. The van der Waals surface area contributed by atoms with E-state index in [1.807, 2.05) is 6.07 Å². The van der Waals surface area contributed by atoms with Crippen LogP contribution in [0, 0.1) is 5.92 Å². The number of nitrogens with one attached hydrogen (secondary N) is 4. The molecular weight excluding hydrogens is 679 g/mol. The summed E-state index contributed by atoms with van der Waals surface area (Å²) in [4.78, 5) is 64.8. The van der Waals surface area contributed by atoms with Crippen LogP contribution in [0.5, 0.6) is 0 Å². The molecule has 0 unspecified atom stereocenters. The van der Waals surface area contributed by atoms with Gasteiger partial charge < -0.3 is 36.2 Å². The van der Waals surface area contributed by atoms with Gasteiger partial charge in [-0.15, -0.1) is 0 Å². The lowest BCUT2D eigenvalue weighted by molar-refractivity contribution is -0.136. The monoisotopic (exact) mass is 721 g/mol. The SMILES string of the molecule is CSCC[C@H](NC(=O)[C@H](CCCCN)NC(=O)[C@@H](NC(=O)OCc1ccccc1)C(C)C)C(=O)Nc1ccc2c(C(F)(F)F)cc(=O)oc2c1. The predicted molar refractivity (Wildman–Crippen MR) is 184 cm³/mol. The highest BCUT2D eigenvalue weighted by molar-refractivity contribution is 7.98. The zero-order valence-corrected chi connectivity index (χ0v) is 28.7. The number of alkyl carbamates (subject to hydrolysis) is 1. The number of carbonyl (C=O) groups is 4.